The minimum Gasteiger partial charge on any atom is -0.316 e. The normalized spacial score (nSPS) is 13.5. The van der Waals surface area contributed by atoms with Crippen LogP contribution in [-0.2, 0) is 0 Å². The van der Waals surface area contributed by atoms with Crippen molar-refractivity contribution in [1.82, 2.24) is 4.75 Å². The summed E-state index contributed by atoms with van der Waals surface area (Å²) < 4.78 is 3.86. The van der Waals surface area contributed by atoms with Crippen molar-refractivity contribution in [3.63, 3.8) is 0 Å². The molecule has 74 valence electrons. The topological polar surface area (TPSA) is 12.0 Å². The summed E-state index contributed by atoms with van der Waals surface area (Å²) in [5, 5.41) is 0. The Morgan fingerprint density at radius 3 is 1.33 bits per heavy atom. The Bertz CT molecular complexity index is 121. The summed E-state index contributed by atoms with van der Waals surface area (Å²) in [5.74, 6) is 0. The minimum atomic E-state index is -1.07. The van der Waals surface area contributed by atoms with Crippen LogP contribution in [0.15, 0.2) is 0 Å². The molecular formula is C9H24NPSi. The molecule has 1 N–H and O–H groups in total. The van der Waals surface area contributed by atoms with Crippen molar-refractivity contribution in [3.8, 4) is 0 Å². The van der Waals surface area contributed by atoms with E-state index in [1.165, 1.54) is 0 Å². The smallest absolute Gasteiger partial charge is 0.120 e. The van der Waals surface area contributed by atoms with E-state index in [4.69, 9.17) is 0 Å². The van der Waals surface area contributed by atoms with Crippen molar-refractivity contribution in [1.29, 1.82) is 0 Å². The molecule has 0 saturated carbocycles. The maximum absolute atomic E-state index is 3.86. The van der Waals surface area contributed by atoms with Gasteiger partial charge in [0.25, 0.3) is 0 Å². The highest BCUT2D eigenvalue weighted by molar-refractivity contribution is 7.59. The summed E-state index contributed by atoms with van der Waals surface area (Å²) >= 11 is 0. The molecule has 1 nitrogen and oxygen atoms in total. The third-order valence-electron chi connectivity index (χ3n) is 1.58. The van der Waals surface area contributed by atoms with Gasteiger partial charge in [0.15, 0.2) is 0 Å². The maximum atomic E-state index is 3.86. The molecule has 0 bridgehead atoms. The Morgan fingerprint density at radius 1 is 0.917 bits per heavy atom. The molecule has 12 heavy (non-hydrogen) atoms. The van der Waals surface area contributed by atoms with E-state index in [0.29, 0.717) is 0 Å². The molecule has 0 saturated heterocycles. The van der Waals surface area contributed by atoms with Crippen LogP contribution in [0, 0.1) is 0 Å². The number of hydrogen-bond donors (Lipinski definition) is 1. The molecule has 3 heteroatoms. The van der Waals surface area contributed by atoms with E-state index in [1.807, 2.05) is 0 Å². The fourth-order valence-corrected chi connectivity index (χ4v) is 7.60. The molecule has 0 aromatic heterocycles. The fourth-order valence-electron chi connectivity index (χ4n) is 1.24. The third kappa shape index (κ3) is 5.29. The summed E-state index contributed by atoms with van der Waals surface area (Å²) in [7, 11) is -1.02. The Kier molecular flexibility index (Phi) is 4.97. The van der Waals surface area contributed by atoms with Gasteiger partial charge in [-0.3, -0.25) is 0 Å². The largest absolute Gasteiger partial charge is 0.316 e. The summed E-state index contributed by atoms with van der Waals surface area (Å²) in [6, 6.07) is 0. The predicted octanol–water partition coefficient (Wildman–Crippen LogP) is 3.62. The van der Waals surface area contributed by atoms with Gasteiger partial charge in [-0.05, 0) is 19.4 Å². The van der Waals surface area contributed by atoms with E-state index in [2.05, 4.69) is 52.1 Å². The molecule has 0 fully saturated rings. The Labute approximate surface area is 80.2 Å². The lowest BCUT2D eigenvalue weighted by Crippen LogP contribution is -2.40. The van der Waals surface area contributed by atoms with Crippen LogP contribution < -0.4 is 4.75 Å². The van der Waals surface area contributed by atoms with Gasteiger partial charge < -0.3 is 4.75 Å². The van der Waals surface area contributed by atoms with Crippen molar-refractivity contribution >= 4 is 16.3 Å². The lowest BCUT2D eigenvalue weighted by atomic mass is 10.5. The molecular weight excluding hydrogens is 181 g/mol. The highest BCUT2D eigenvalue weighted by Crippen LogP contribution is 2.42. The van der Waals surface area contributed by atoms with E-state index in [1.54, 1.807) is 0 Å². The second kappa shape index (κ2) is 4.73. The van der Waals surface area contributed by atoms with Gasteiger partial charge in [-0.15, -0.1) is 0 Å². The van der Waals surface area contributed by atoms with Gasteiger partial charge >= 0.3 is 0 Å². The average molecular weight is 205 g/mol. The maximum Gasteiger partial charge on any atom is 0.120 e. The first kappa shape index (κ1) is 12.6. The van der Waals surface area contributed by atoms with E-state index in [9.17, 15) is 0 Å². The number of nitrogens with one attached hydrogen (secondary N) is 1. The average Bonchev–Trinajstić information content (AvgIpc) is 1.79. The first-order chi connectivity index (χ1) is 5.24. The molecule has 0 aliphatic rings. The van der Waals surface area contributed by atoms with Crippen LogP contribution in [0.2, 0.25) is 19.6 Å². The quantitative estimate of drug-likeness (QED) is 0.546. The monoisotopic (exact) mass is 205 g/mol. The Morgan fingerprint density at radius 2 is 1.25 bits per heavy atom. The molecule has 0 aliphatic carbocycles. The number of hydrogen-bond acceptors (Lipinski definition) is 1. The van der Waals surface area contributed by atoms with Gasteiger partial charge in [0.2, 0.25) is 0 Å². The fraction of sp³-hybridized carbons (Fsp3) is 1.00. The summed E-state index contributed by atoms with van der Waals surface area (Å²) in [6.07, 6.45) is 0. The lowest BCUT2D eigenvalue weighted by molar-refractivity contribution is 0.990. The molecule has 0 amide bonds. The molecule has 0 heterocycles. The van der Waals surface area contributed by atoms with Crippen LogP contribution in [0.5, 0.6) is 0 Å². The standard InChI is InChI=1S/C9H24NPSi/c1-8(2)11(9(3)4)10-12(5,6)7/h8-10H,1-7H3. The van der Waals surface area contributed by atoms with Gasteiger partial charge in [-0.25, -0.2) is 0 Å². The molecule has 0 unspecified atom stereocenters. The van der Waals surface area contributed by atoms with Crippen molar-refractivity contribution in [3.05, 3.63) is 0 Å². The van der Waals surface area contributed by atoms with Crippen LogP contribution >= 0.6 is 8.07 Å². The van der Waals surface area contributed by atoms with Gasteiger partial charge in [0, 0.05) is 0 Å². The Hall–Kier alpha value is 0.607. The highest BCUT2D eigenvalue weighted by atomic mass is 31.1. The highest BCUT2D eigenvalue weighted by Gasteiger charge is 2.23. The minimum absolute atomic E-state index is 0.0450. The van der Waals surface area contributed by atoms with E-state index in [-0.39, 0.29) is 8.07 Å². The molecule has 0 aromatic rings. The first-order valence-electron chi connectivity index (χ1n) is 4.80. The van der Waals surface area contributed by atoms with Crippen LogP contribution in [0.3, 0.4) is 0 Å². The molecule has 0 aromatic carbocycles. The SMILES string of the molecule is CC(C)P(N[Si](C)(C)C)C(C)C. The van der Waals surface area contributed by atoms with Crippen molar-refractivity contribution in [2.75, 3.05) is 0 Å². The van der Waals surface area contributed by atoms with Crippen LogP contribution in [0.4, 0.5) is 0 Å². The van der Waals surface area contributed by atoms with Crippen LogP contribution in [-0.4, -0.2) is 19.6 Å². The zero-order chi connectivity index (χ0) is 9.94. The number of rotatable bonds is 4. The predicted molar refractivity (Wildman–Crippen MR) is 63.7 cm³/mol. The summed E-state index contributed by atoms with van der Waals surface area (Å²) in [6.45, 7) is 16.5. The van der Waals surface area contributed by atoms with Gasteiger partial charge in [-0.1, -0.05) is 47.3 Å². The Balaban J connectivity index is 4.15. The first-order valence-corrected chi connectivity index (χ1v) is 9.78. The molecule has 0 aliphatic heterocycles. The summed E-state index contributed by atoms with van der Waals surface area (Å²) in [4.78, 5) is 0. The van der Waals surface area contributed by atoms with Gasteiger partial charge in [0.05, 0.1) is 0 Å². The lowest BCUT2D eigenvalue weighted by Gasteiger charge is -2.33. The molecule has 0 spiro atoms. The van der Waals surface area contributed by atoms with E-state index >= 15 is 0 Å². The van der Waals surface area contributed by atoms with Crippen molar-refractivity contribution in [2.24, 2.45) is 0 Å². The van der Waals surface area contributed by atoms with Gasteiger partial charge in [-0.2, -0.15) is 0 Å². The third-order valence-corrected chi connectivity index (χ3v) is 7.52. The molecule has 0 radical (unpaired) electrons. The second-order valence-corrected chi connectivity index (χ2v) is 13.2. The molecule has 0 rings (SSSR count). The van der Waals surface area contributed by atoms with Crippen molar-refractivity contribution < 1.29 is 0 Å². The zero-order valence-corrected chi connectivity index (χ0v) is 11.5. The van der Waals surface area contributed by atoms with Crippen molar-refractivity contribution in [2.45, 2.75) is 58.7 Å². The van der Waals surface area contributed by atoms with Crippen LogP contribution in [0.1, 0.15) is 27.7 Å². The van der Waals surface area contributed by atoms with Gasteiger partial charge in [0.1, 0.15) is 8.24 Å². The second-order valence-electron chi connectivity index (χ2n) is 4.96. The van der Waals surface area contributed by atoms with Crippen LogP contribution in [0.25, 0.3) is 0 Å². The van der Waals surface area contributed by atoms with E-state index < -0.39 is 8.24 Å². The van der Waals surface area contributed by atoms with E-state index in [0.717, 1.165) is 11.3 Å². The zero-order valence-electron chi connectivity index (χ0n) is 9.60. The summed E-state index contributed by atoms with van der Waals surface area (Å²) in [5.41, 5.74) is 1.62. The molecule has 0 atom stereocenters.